The number of benzene rings is 1. The number of nitrogens with one attached hydrogen (secondary N) is 1. The van der Waals surface area contributed by atoms with Crippen molar-refractivity contribution in [2.75, 3.05) is 21.3 Å². The van der Waals surface area contributed by atoms with E-state index in [0.29, 0.717) is 23.7 Å². The van der Waals surface area contributed by atoms with Gasteiger partial charge >= 0.3 is 0 Å². The molecule has 0 aliphatic heterocycles. The molecule has 0 aromatic heterocycles. The van der Waals surface area contributed by atoms with Gasteiger partial charge in [0, 0.05) is 18.1 Å². The summed E-state index contributed by atoms with van der Waals surface area (Å²) in [6.45, 7) is 1.79. The number of hydrogen-bond acceptors (Lipinski definition) is 5. The van der Waals surface area contributed by atoms with Crippen LogP contribution in [0.1, 0.15) is 24.9 Å². The van der Waals surface area contributed by atoms with Crippen molar-refractivity contribution in [3.05, 3.63) is 17.7 Å². The molecule has 0 amide bonds. The molecule has 1 unspecified atom stereocenters. The molecular formula is C14H20N2O3. The average molecular weight is 264 g/mol. The maximum absolute atomic E-state index is 5.59. The fourth-order valence-electron chi connectivity index (χ4n) is 1.79. The summed E-state index contributed by atoms with van der Waals surface area (Å²) in [5.74, 6) is 13.3. The van der Waals surface area contributed by atoms with Gasteiger partial charge in [0.2, 0.25) is 0 Å². The van der Waals surface area contributed by atoms with Gasteiger partial charge in [-0.15, -0.1) is 11.8 Å². The monoisotopic (exact) mass is 264 g/mol. The van der Waals surface area contributed by atoms with E-state index in [1.165, 1.54) is 0 Å². The van der Waals surface area contributed by atoms with Crippen molar-refractivity contribution in [2.24, 2.45) is 5.84 Å². The molecular weight excluding hydrogens is 244 g/mol. The molecule has 1 rings (SSSR count). The molecule has 0 heterocycles. The minimum atomic E-state index is -0.137. The van der Waals surface area contributed by atoms with Crippen LogP contribution in [0.2, 0.25) is 0 Å². The first kappa shape index (κ1) is 15.2. The summed E-state index contributed by atoms with van der Waals surface area (Å²) in [7, 11) is 4.77. The molecule has 0 aliphatic rings. The normalized spacial score (nSPS) is 11.2. The zero-order valence-electron chi connectivity index (χ0n) is 11.7. The topological polar surface area (TPSA) is 65.7 Å². The molecule has 3 N–H and O–H groups in total. The van der Waals surface area contributed by atoms with Crippen LogP contribution in [0.5, 0.6) is 17.2 Å². The molecule has 5 nitrogen and oxygen atoms in total. The summed E-state index contributed by atoms with van der Waals surface area (Å²) < 4.78 is 15.9. The van der Waals surface area contributed by atoms with E-state index in [4.69, 9.17) is 20.1 Å². The highest BCUT2D eigenvalue weighted by Gasteiger charge is 2.18. The Morgan fingerprint density at radius 3 is 2.16 bits per heavy atom. The summed E-state index contributed by atoms with van der Waals surface area (Å²) in [4.78, 5) is 0. The second-order valence-electron chi connectivity index (χ2n) is 3.80. The fourth-order valence-corrected chi connectivity index (χ4v) is 1.79. The molecule has 19 heavy (non-hydrogen) atoms. The van der Waals surface area contributed by atoms with Crippen LogP contribution in [0.15, 0.2) is 12.1 Å². The predicted molar refractivity (Wildman–Crippen MR) is 74.2 cm³/mol. The number of nitrogens with two attached hydrogens (primary N) is 1. The first-order chi connectivity index (χ1) is 9.21. The molecule has 104 valence electrons. The maximum Gasteiger partial charge on any atom is 0.164 e. The van der Waals surface area contributed by atoms with Gasteiger partial charge in [0.15, 0.2) is 11.5 Å². The molecule has 5 heteroatoms. The Morgan fingerprint density at radius 2 is 1.68 bits per heavy atom. The van der Waals surface area contributed by atoms with E-state index in [0.717, 1.165) is 5.56 Å². The Morgan fingerprint density at radius 1 is 1.11 bits per heavy atom. The van der Waals surface area contributed by atoms with E-state index in [1.54, 1.807) is 34.3 Å². The van der Waals surface area contributed by atoms with Crippen LogP contribution in [0.3, 0.4) is 0 Å². The van der Waals surface area contributed by atoms with Crippen LogP contribution in [0.25, 0.3) is 0 Å². The molecule has 1 atom stereocenters. The smallest absolute Gasteiger partial charge is 0.164 e. The van der Waals surface area contributed by atoms with Crippen molar-refractivity contribution in [1.82, 2.24) is 5.43 Å². The van der Waals surface area contributed by atoms with Crippen molar-refractivity contribution in [3.8, 4) is 29.1 Å². The van der Waals surface area contributed by atoms with E-state index in [1.807, 2.05) is 6.07 Å². The predicted octanol–water partition coefficient (Wildman–Crippen LogP) is 1.63. The Bertz CT molecular complexity index is 478. The second kappa shape index (κ2) is 7.52. The number of rotatable bonds is 6. The number of methoxy groups -OCH3 is 3. The number of hydrogen-bond donors (Lipinski definition) is 2. The van der Waals surface area contributed by atoms with Gasteiger partial charge in [0.05, 0.1) is 27.4 Å². The van der Waals surface area contributed by atoms with Crippen LogP contribution in [-0.2, 0) is 0 Å². The van der Waals surface area contributed by atoms with Gasteiger partial charge in [-0.25, -0.2) is 0 Å². The van der Waals surface area contributed by atoms with E-state index >= 15 is 0 Å². The van der Waals surface area contributed by atoms with Crippen LogP contribution < -0.4 is 25.5 Å². The number of hydrazine groups is 1. The summed E-state index contributed by atoms with van der Waals surface area (Å²) in [6.07, 6.45) is 0.582. The van der Waals surface area contributed by atoms with Crippen molar-refractivity contribution in [1.29, 1.82) is 0 Å². The quantitative estimate of drug-likeness (QED) is 0.464. The Kier molecular flexibility index (Phi) is 6.00. The summed E-state index contributed by atoms with van der Waals surface area (Å²) in [6, 6.07) is 3.49. The molecule has 0 saturated heterocycles. The van der Waals surface area contributed by atoms with Crippen molar-refractivity contribution >= 4 is 0 Å². The van der Waals surface area contributed by atoms with Crippen LogP contribution >= 0.6 is 0 Å². The van der Waals surface area contributed by atoms with Crippen LogP contribution in [0.4, 0.5) is 0 Å². The van der Waals surface area contributed by atoms with Gasteiger partial charge in [0.25, 0.3) is 0 Å². The third-order valence-corrected chi connectivity index (χ3v) is 2.80. The Hall–Kier alpha value is -1.90. The molecule has 0 bridgehead atoms. The minimum absolute atomic E-state index is 0.137. The van der Waals surface area contributed by atoms with Gasteiger partial charge < -0.3 is 14.2 Å². The Labute approximate surface area is 114 Å². The molecule has 0 fully saturated rings. The van der Waals surface area contributed by atoms with Gasteiger partial charge in [-0.1, -0.05) is 0 Å². The van der Waals surface area contributed by atoms with Gasteiger partial charge in [0.1, 0.15) is 5.75 Å². The van der Waals surface area contributed by atoms with E-state index in [2.05, 4.69) is 17.3 Å². The fraction of sp³-hybridized carbons (Fsp3) is 0.429. The molecule has 0 spiro atoms. The summed E-state index contributed by atoms with van der Waals surface area (Å²) in [5, 5.41) is 0. The largest absolute Gasteiger partial charge is 0.496 e. The molecule has 0 radical (unpaired) electrons. The molecule has 0 aliphatic carbocycles. The van der Waals surface area contributed by atoms with E-state index in [9.17, 15) is 0 Å². The lowest BCUT2D eigenvalue weighted by atomic mass is 10.0. The van der Waals surface area contributed by atoms with Gasteiger partial charge in [-0.3, -0.25) is 11.3 Å². The highest BCUT2D eigenvalue weighted by atomic mass is 16.5. The third kappa shape index (κ3) is 3.53. The van der Waals surface area contributed by atoms with Crippen molar-refractivity contribution < 1.29 is 14.2 Å². The van der Waals surface area contributed by atoms with Gasteiger partial charge in [-0.05, 0) is 13.0 Å². The first-order valence-electron chi connectivity index (χ1n) is 5.87. The first-order valence-corrected chi connectivity index (χ1v) is 5.87. The SMILES string of the molecule is CC#CCC(NN)c1cc(OC)c(OC)cc1OC. The molecule has 1 aromatic rings. The Balaban J connectivity index is 3.25. The third-order valence-electron chi connectivity index (χ3n) is 2.80. The lowest BCUT2D eigenvalue weighted by Gasteiger charge is -2.19. The highest BCUT2D eigenvalue weighted by Crippen LogP contribution is 2.37. The van der Waals surface area contributed by atoms with Crippen molar-refractivity contribution in [2.45, 2.75) is 19.4 Å². The maximum atomic E-state index is 5.59. The molecule has 0 saturated carbocycles. The average Bonchev–Trinajstić information content (AvgIpc) is 2.47. The van der Waals surface area contributed by atoms with Crippen LogP contribution in [-0.4, -0.2) is 21.3 Å². The summed E-state index contributed by atoms with van der Waals surface area (Å²) in [5.41, 5.74) is 3.62. The van der Waals surface area contributed by atoms with E-state index < -0.39 is 0 Å². The zero-order valence-corrected chi connectivity index (χ0v) is 11.7. The zero-order chi connectivity index (χ0) is 14.3. The molecule has 1 aromatic carbocycles. The lowest BCUT2D eigenvalue weighted by molar-refractivity contribution is 0.345. The second-order valence-corrected chi connectivity index (χ2v) is 3.80. The standard InChI is InChI=1S/C14H20N2O3/c1-5-6-7-11(16-15)10-8-13(18-3)14(19-4)9-12(10)17-2/h8-9,11,16H,7,15H2,1-4H3. The van der Waals surface area contributed by atoms with Crippen molar-refractivity contribution in [3.63, 3.8) is 0 Å². The van der Waals surface area contributed by atoms with Gasteiger partial charge in [-0.2, -0.15) is 0 Å². The minimum Gasteiger partial charge on any atom is -0.496 e. The van der Waals surface area contributed by atoms with Crippen LogP contribution in [0, 0.1) is 11.8 Å². The lowest BCUT2D eigenvalue weighted by Crippen LogP contribution is -2.28. The van der Waals surface area contributed by atoms with E-state index in [-0.39, 0.29) is 6.04 Å². The highest BCUT2D eigenvalue weighted by molar-refractivity contribution is 5.52. The number of ether oxygens (including phenoxy) is 3. The summed E-state index contributed by atoms with van der Waals surface area (Å²) >= 11 is 0.